The van der Waals surface area contributed by atoms with Gasteiger partial charge in [0.1, 0.15) is 11.5 Å². The van der Waals surface area contributed by atoms with Crippen molar-refractivity contribution in [3.63, 3.8) is 0 Å². The fourth-order valence-corrected chi connectivity index (χ4v) is 15.7. The summed E-state index contributed by atoms with van der Waals surface area (Å²) in [4.78, 5) is 88.3. The molecule has 5 aromatic heterocycles. The van der Waals surface area contributed by atoms with Gasteiger partial charge in [-0.05, 0) is 103 Å². The van der Waals surface area contributed by atoms with Gasteiger partial charge in [0.2, 0.25) is 35.3 Å². The molecule has 28 heteroatoms. The first-order chi connectivity index (χ1) is 55.4. The predicted octanol–water partition coefficient (Wildman–Crippen LogP) is 18.9. The summed E-state index contributed by atoms with van der Waals surface area (Å²) in [5, 5.41) is 9.26. The van der Waals surface area contributed by atoms with Crippen molar-refractivity contribution in [1.29, 1.82) is 0 Å². The first kappa shape index (κ1) is 84.2. The molecule has 1 amide bonds. The van der Waals surface area contributed by atoms with Crippen molar-refractivity contribution in [3.05, 3.63) is 216 Å². The zero-order chi connectivity index (χ0) is 81.8. The van der Waals surface area contributed by atoms with Crippen LogP contribution in [0.2, 0.25) is 30.1 Å². The summed E-state index contributed by atoms with van der Waals surface area (Å²) in [7, 11) is 6.93. The van der Waals surface area contributed by atoms with Gasteiger partial charge in [0.15, 0.2) is 24.6 Å². The van der Waals surface area contributed by atoms with Gasteiger partial charge in [-0.3, -0.25) is 29.0 Å². The van der Waals surface area contributed by atoms with E-state index in [1.807, 2.05) is 143 Å². The minimum Gasteiger partial charge on any atom is -0.481 e. The Bertz CT molecular complexity index is 5250. The van der Waals surface area contributed by atoms with E-state index in [-0.39, 0.29) is 35.3 Å². The number of nitrogens with one attached hydrogen (secondary N) is 2. The average Bonchev–Trinajstić information content (AvgIpc) is 1.61. The number of methoxy groups -OCH3 is 5. The Morgan fingerprint density at radius 2 is 0.878 bits per heavy atom. The van der Waals surface area contributed by atoms with E-state index in [0.29, 0.717) is 177 Å². The van der Waals surface area contributed by atoms with E-state index in [1.165, 1.54) is 27.5 Å². The van der Waals surface area contributed by atoms with Crippen molar-refractivity contribution in [2.45, 2.75) is 103 Å². The number of carbonyl (C=O) groups excluding carboxylic acids is 5. The van der Waals surface area contributed by atoms with Crippen molar-refractivity contribution in [3.8, 4) is 119 Å². The number of pyridine rings is 3. The number of amides is 1. The molecule has 2 aliphatic heterocycles. The van der Waals surface area contributed by atoms with E-state index >= 15 is 0 Å². The molecule has 2 atom stereocenters. The van der Waals surface area contributed by atoms with Crippen molar-refractivity contribution in [2.75, 3.05) is 42.1 Å². The first-order valence-electron chi connectivity index (χ1n) is 36.9. The van der Waals surface area contributed by atoms with Gasteiger partial charge >= 0.3 is 7.12 Å². The van der Waals surface area contributed by atoms with Crippen LogP contribution in [0, 0.1) is 5.92 Å². The van der Waals surface area contributed by atoms with Gasteiger partial charge in [0.25, 0.3) is 0 Å². The minimum absolute atomic E-state index is 0.0952. The predicted molar refractivity (Wildman–Crippen MR) is 450 cm³/mol. The Hall–Kier alpha value is -10.2. The quantitative estimate of drug-likeness (QED) is 0.0398. The topological polar surface area (TPSA) is 264 Å². The zero-order valence-electron chi connectivity index (χ0n) is 64.3. The van der Waals surface area contributed by atoms with E-state index < -0.39 is 18.3 Å². The lowest BCUT2D eigenvalue weighted by atomic mass is 9.77. The number of carbonyl (C=O) groups is 5. The number of nitrogens with zero attached hydrogens (tertiary/aromatic N) is 7. The molecule has 0 unspecified atom stereocenters. The largest absolute Gasteiger partial charge is 0.496 e. The summed E-state index contributed by atoms with van der Waals surface area (Å²) >= 11 is 41.5. The molecule has 3 fully saturated rings. The summed E-state index contributed by atoms with van der Waals surface area (Å²) in [5.41, 5.74) is 12.9. The highest BCUT2D eigenvalue weighted by Crippen LogP contribution is 2.47. The number of aldehydes is 3. The second-order valence-electron chi connectivity index (χ2n) is 28.3. The number of benzene rings is 6. The van der Waals surface area contributed by atoms with Gasteiger partial charge < -0.3 is 43.6 Å². The maximum Gasteiger partial charge on any atom is 0.496 e. The third-order valence-corrected chi connectivity index (χ3v) is 23.0. The van der Waals surface area contributed by atoms with Crippen LogP contribution in [0.15, 0.2) is 158 Å². The lowest BCUT2D eigenvalue weighted by Gasteiger charge is -2.32. The molecule has 0 spiro atoms. The first-order valence-corrected chi connectivity index (χ1v) is 39.1. The Morgan fingerprint density at radius 3 is 1.30 bits per heavy atom. The number of Topliss-reactive ketones (excluding diaryl/α,β-unsaturated/α-hetero) is 1. The normalized spacial score (nSPS) is 15.2. The highest BCUT2D eigenvalue weighted by molar-refractivity contribution is 6.66. The number of aryl methyl sites for hydroxylation is 1. The maximum atomic E-state index is 11.6. The van der Waals surface area contributed by atoms with Crippen LogP contribution in [0.4, 0.5) is 0 Å². The van der Waals surface area contributed by atoms with Crippen molar-refractivity contribution in [2.24, 2.45) is 5.92 Å². The van der Waals surface area contributed by atoms with Crippen LogP contribution in [-0.2, 0) is 31.9 Å². The summed E-state index contributed by atoms with van der Waals surface area (Å²) in [6.07, 6.45) is 11.5. The fraction of sp³-hybridized carbons (Fsp3) is 0.264. The van der Waals surface area contributed by atoms with Crippen molar-refractivity contribution < 1.29 is 57.0 Å². The Morgan fingerprint density at radius 1 is 0.470 bits per heavy atom. The van der Waals surface area contributed by atoms with Gasteiger partial charge in [0.05, 0.1) is 124 Å². The lowest BCUT2D eigenvalue weighted by molar-refractivity contribution is -0.119. The second-order valence-corrected chi connectivity index (χ2v) is 30.5. The average molecular weight is 1670 g/mol. The van der Waals surface area contributed by atoms with Crippen LogP contribution in [-0.4, -0.2) is 132 Å². The molecule has 1 saturated carbocycles. The standard InChI is InChI=1S/C37H39Cl2N5O4.C25H24BCl2NO4.C25H17Cl2N3O4/c1-47-36-23(6-3-7-24-14-17-33(46)42-24)13-16-30(43-36)28-10-4-8-26(34(28)38)27-9-5-11-29(35(27)39)31-21-41-32(37(44-31)48-2)20-40-19-22-12-15-25(45)18-22;1-24(2)25(3,4)33-26(32-24)19-11-7-9-17(22(19)28)16-8-6-10-18(21(16)27)20-13-12-15(14-30)23(29-20)31-5;1-33-24-14(12-31)9-10-19(29-24)17-7-3-5-15(22(17)26)16-6-4-8-18(23(16)27)20-11-28-21(13-32)25(30-20)34-2/h4-5,8-11,13,16,21-22,24,40H,3,6-7,12,14-15,17-20H2,1-2H3,(H,42,46);6-14H,1-5H3;3-13H,1-2H3/t22-,24-;;/m1../s1. The van der Waals surface area contributed by atoms with Crippen LogP contribution in [0.3, 0.4) is 0 Å². The molecule has 590 valence electrons. The third-order valence-electron chi connectivity index (χ3n) is 20.6. The molecule has 115 heavy (non-hydrogen) atoms. The molecule has 0 radical (unpaired) electrons. The molecular weight excluding hydrogens is 1590 g/mol. The molecule has 6 aromatic carbocycles. The maximum absolute atomic E-state index is 11.6. The number of rotatable bonds is 25. The molecule has 2 saturated heterocycles. The van der Waals surface area contributed by atoms with E-state index in [2.05, 4.69) is 35.6 Å². The molecule has 1 aliphatic carbocycles. The smallest absolute Gasteiger partial charge is 0.481 e. The monoisotopic (exact) mass is 1660 g/mol. The molecule has 21 nitrogen and oxygen atoms in total. The number of ether oxygens (including phenoxy) is 5. The van der Waals surface area contributed by atoms with Crippen LogP contribution < -0.4 is 39.8 Å². The third kappa shape index (κ3) is 18.7. The van der Waals surface area contributed by atoms with Crippen LogP contribution in [0.1, 0.15) is 115 Å². The molecule has 3 aliphatic rings. The zero-order valence-corrected chi connectivity index (χ0v) is 68.9. The Kier molecular flexibility index (Phi) is 27.5. The lowest BCUT2D eigenvalue weighted by Crippen LogP contribution is -2.41. The molecule has 7 heterocycles. The fourth-order valence-electron chi connectivity index (χ4n) is 13.7. The minimum atomic E-state index is -0.591. The van der Waals surface area contributed by atoms with Crippen LogP contribution in [0.25, 0.3) is 89.7 Å². The van der Waals surface area contributed by atoms with Gasteiger partial charge in [-0.1, -0.05) is 185 Å². The van der Waals surface area contributed by atoms with Gasteiger partial charge in [-0.2, -0.15) is 0 Å². The highest BCUT2D eigenvalue weighted by Gasteiger charge is 2.52. The Balaban J connectivity index is 0.000000163. The number of hydrogen-bond acceptors (Lipinski definition) is 20. The molecular formula is C87H80BCl6N9O12. The van der Waals surface area contributed by atoms with E-state index in [0.717, 1.165) is 77.5 Å². The molecule has 0 bridgehead atoms. The summed E-state index contributed by atoms with van der Waals surface area (Å²) < 4.78 is 39.3. The van der Waals surface area contributed by atoms with Crippen LogP contribution in [0.5, 0.6) is 29.4 Å². The molecule has 2 N–H and O–H groups in total. The van der Waals surface area contributed by atoms with Gasteiger partial charge in [0, 0.05) is 109 Å². The summed E-state index contributed by atoms with van der Waals surface area (Å²) in [5.74, 6) is 2.36. The Labute approximate surface area is 696 Å². The van der Waals surface area contributed by atoms with E-state index in [1.54, 1.807) is 50.7 Å². The van der Waals surface area contributed by atoms with Gasteiger partial charge in [-0.15, -0.1) is 0 Å². The number of halogens is 6. The van der Waals surface area contributed by atoms with Crippen molar-refractivity contribution in [1.82, 2.24) is 45.5 Å². The number of ketones is 1. The number of aromatic nitrogens is 7. The van der Waals surface area contributed by atoms with Crippen molar-refractivity contribution >= 4 is 113 Å². The van der Waals surface area contributed by atoms with E-state index in [4.69, 9.17) is 113 Å². The van der Waals surface area contributed by atoms with Gasteiger partial charge in [-0.25, -0.2) is 29.9 Å². The number of hydrogen-bond donors (Lipinski definition) is 2. The molecule has 14 rings (SSSR count). The van der Waals surface area contributed by atoms with Crippen LogP contribution >= 0.6 is 69.6 Å². The van der Waals surface area contributed by atoms with E-state index in [9.17, 15) is 24.0 Å². The summed E-state index contributed by atoms with van der Waals surface area (Å²) in [6, 6.07) is 44.8. The molecule has 11 aromatic rings. The SMILES string of the molecule is COc1nc(-c2cccc(-c3cccc(-c4cnc(C=O)c(OC)n4)c3Cl)c2Cl)ccc1C=O.COc1nc(-c2cccc(-c3cccc(-c4cnc(CNC[C@@H]5CCC(=O)C5)c(OC)n4)c3Cl)c2Cl)ccc1CCC[C@@H]1CCC(=O)N1.COc1nc(-c2cccc(-c3cccc(B4OC(C)(C)C(C)(C)O4)c3Cl)c2Cl)ccc1C=O. The highest BCUT2D eigenvalue weighted by atomic mass is 35.5. The summed E-state index contributed by atoms with van der Waals surface area (Å²) in [6.45, 7) is 9.24. The second kappa shape index (κ2) is 37.6.